The minimum Gasteiger partial charge on any atom is -0.493 e. The number of ether oxygens (including phenoxy) is 2. The number of nitro groups is 1. The minimum atomic E-state index is -0.532. The number of amides is 1. The maximum absolute atomic E-state index is 11.5. The van der Waals surface area contributed by atoms with Crippen LogP contribution >= 0.6 is 0 Å². The van der Waals surface area contributed by atoms with Crippen molar-refractivity contribution in [3.63, 3.8) is 0 Å². The van der Waals surface area contributed by atoms with Gasteiger partial charge in [0.05, 0.1) is 11.5 Å². The first-order valence-corrected chi connectivity index (χ1v) is 7.77. The van der Waals surface area contributed by atoms with E-state index >= 15 is 0 Å². The zero-order valence-electron chi connectivity index (χ0n) is 14.5. The summed E-state index contributed by atoms with van der Waals surface area (Å²) in [5.74, 6) is 0.583. The molecule has 0 aliphatic carbocycles. The third-order valence-electron chi connectivity index (χ3n) is 2.78. The van der Waals surface area contributed by atoms with Crippen LogP contribution in [0.1, 0.15) is 39.7 Å². The molecule has 24 heavy (non-hydrogen) atoms. The zero-order valence-corrected chi connectivity index (χ0v) is 14.5. The molecule has 0 fully saturated rings. The van der Waals surface area contributed by atoms with Crippen molar-refractivity contribution in [2.75, 3.05) is 13.2 Å². The molecule has 0 bridgehead atoms. The van der Waals surface area contributed by atoms with Crippen LogP contribution in [0.3, 0.4) is 0 Å². The average Bonchev–Trinajstić information content (AvgIpc) is 2.46. The molecule has 0 atom stereocenters. The summed E-state index contributed by atoms with van der Waals surface area (Å²) in [4.78, 5) is 21.9. The van der Waals surface area contributed by atoms with E-state index in [1.54, 1.807) is 32.9 Å². The van der Waals surface area contributed by atoms with Crippen LogP contribution in [0.4, 0.5) is 10.5 Å². The molecule has 7 heteroatoms. The first-order chi connectivity index (χ1) is 11.2. The third-order valence-corrected chi connectivity index (χ3v) is 2.78. The normalized spacial score (nSPS) is 11.3. The van der Waals surface area contributed by atoms with E-state index < -0.39 is 16.6 Å². The first kappa shape index (κ1) is 19.5. The van der Waals surface area contributed by atoms with Gasteiger partial charge in [0.25, 0.3) is 5.69 Å². The lowest BCUT2D eigenvalue weighted by Crippen LogP contribution is -2.32. The molecule has 1 amide bonds. The number of nitrogens with zero attached hydrogens (tertiary/aromatic N) is 1. The Balaban J connectivity index is 2.61. The topological polar surface area (TPSA) is 90.7 Å². The molecule has 0 heterocycles. The highest BCUT2D eigenvalue weighted by molar-refractivity contribution is 5.67. The molecule has 7 nitrogen and oxygen atoms in total. The Morgan fingerprint density at radius 2 is 2.08 bits per heavy atom. The smallest absolute Gasteiger partial charge is 0.407 e. The van der Waals surface area contributed by atoms with Gasteiger partial charge in [-0.05, 0) is 40.2 Å². The van der Waals surface area contributed by atoms with Crippen molar-refractivity contribution in [1.29, 1.82) is 0 Å². The van der Waals surface area contributed by atoms with Gasteiger partial charge < -0.3 is 14.8 Å². The second-order valence-corrected chi connectivity index (χ2v) is 6.03. The van der Waals surface area contributed by atoms with E-state index in [-0.39, 0.29) is 5.69 Å². The van der Waals surface area contributed by atoms with E-state index in [0.717, 1.165) is 0 Å². The molecule has 0 saturated carbocycles. The van der Waals surface area contributed by atoms with E-state index in [4.69, 9.17) is 9.47 Å². The van der Waals surface area contributed by atoms with Gasteiger partial charge in [0, 0.05) is 24.2 Å². The first-order valence-electron chi connectivity index (χ1n) is 7.77. The van der Waals surface area contributed by atoms with Crippen molar-refractivity contribution < 1.29 is 19.2 Å². The SMILES string of the molecule is CCOc1ccc([N+](=O)[O-])cc1C=CCCNC(=O)OC(C)(C)C. The quantitative estimate of drug-likeness (QED) is 0.463. The van der Waals surface area contributed by atoms with E-state index in [9.17, 15) is 14.9 Å². The largest absolute Gasteiger partial charge is 0.493 e. The van der Waals surface area contributed by atoms with Gasteiger partial charge in [0.15, 0.2) is 0 Å². The Labute approximate surface area is 141 Å². The number of benzene rings is 1. The molecule has 1 rings (SSSR count). The molecule has 132 valence electrons. The van der Waals surface area contributed by atoms with Crippen molar-refractivity contribution in [2.45, 2.75) is 39.7 Å². The lowest BCUT2D eigenvalue weighted by atomic mass is 10.1. The molecule has 1 N–H and O–H groups in total. The van der Waals surface area contributed by atoms with Crippen molar-refractivity contribution in [2.24, 2.45) is 0 Å². The van der Waals surface area contributed by atoms with Gasteiger partial charge in [-0.2, -0.15) is 0 Å². The van der Waals surface area contributed by atoms with Crippen LogP contribution in [0.25, 0.3) is 6.08 Å². The minimum absolute atomic E-state index is 0.00461. The van der Waals surface area contributed by atoms with Crippen molar-refractivity contribution >= 4 is 17.9 Å². The van der Waals surface area contributed by atoms with E-state index in [1.807, 2.05) is 13.0 Å². The summed E-state index contributed by atoms with van der Waals surface area (Å²) in [5, 5.41) is 13.5. The maximum Gasteiger partial charge on any atom is 0.407 e. The van der Waals surface area contributed by atoms with Gasteiger partial charge in [-0.15, -0.1) is 0 Å². The van der Waals surface area contributed by atoms with Crippen LogP contribution in [0.2, 0.25) is 0 Å². The summed E-state index contributed by atoms with van der Waals surface area (Å²) in [5.41, 5.74) is 0.100. The molecule has 0 aliphatic rings. The lowest BCUT2D eigenvalue weighted by molar-refractivity contribution is -0.384. The number of nitro benzene ring substituents is 1. The van der Waals surface area contributed by atoms with Crippen molar-refractivity contribution in [3.05, 3.63) is 40.0 Å². The van der Waals surface area contributed by atoms with Crippen molar-refractivity contribution in [1.82, 2.24) is 5.32 Å². The number of nitrogens with one attached hydrogen (secondary N) is 1. The zero-order chi connectivity index (χ0) is 18.2. The summed E-state index contributed by atoms with van der Waals surface area (Å²) in [6.07, 6.45) is 3.66. The summed E-state index contributed by atoms with van der Waals surface area (Å²) >= 11 is 0. The molecular formula is C17H24N2O5. The molecule has 1 aromatic rings. The molecule has 0 aromatic heterocycles. The average molecular weight is 336 g/mol. The fourth-order valence-electron chi connectivity index (χ4n) is 1.85. The van der Waals surface area contributed by atoms with E-state index in [0.29, 0.717) is 30.9 Å². The Bertz CT molecular complexity index is 605. The Kier molecular flexibility index (Phi) is 7.23. The fourth-order valence-corrected chi connectivity index (χ4v) is 1.85. The predicted octanol–water partition coefficient (Wildman–Crippen LogP) is 3.92. The number of alkyl carbamates (subject to hydrolysis) is 1. The standard InChI is InChI=1S/C17H24N2O5/c1-5-23-15-10-9-14(19(21)22)12-13(15)8-6-7-11-18-16(20)24-17(2,3)4/h6,8-10,12H,5,7,11H2,1-4H3,(H,18,20). The number of hydrogen-bond acceptors (Lipinski definition) is 5. The second-order valence-electron chi connectivity index (χ2n) is 6.03. The number of carbonyl (C=O) groups is 1. The molecule has 1 aromatic carbocycles. The molecule has 0 radical (unpaired) electrons. The van der Waals surface area contributed by atoms with Gasteiger partial charge in [-0.3, -0.25) is 10.1 Å². The summed E-state index contributed by atoms with van der Waals surface area (Å²) in [7, 11) is 0. The second kappa shape index (κ2) is 8.90. The number of non-ortho nitro benzene ring substituents is 1. The van der Waals surface area contributed by atoms with Crippen LogP contribution in [0, 0.1) is 10.1 Å². The fraction of sp³-hybridized carbons (Fsp3) is 0.471. The van der Waals surface area contributed by atoms with E-state index in [1.165, 1.54) is 12.1 Å². The van der Waals surface area contributed by atoms with Crippen LogP contribution in [-0.4, -0.2) is 29.8 Å². The van der Waals surface area contributed by atoms with Crippen LogP contribution < -0.4 is 10.1 Å². The Hall–Kier alpha value is -2.57. The Morgan fingerprint density at radius 3 is 2.67 bits per heavy atom. The predicted molar refractivity (Wildman–Crippen MR) is 92.2 cm³/mol. The van der Waals surface area contributed by atoms with Gasteiger partial charge in [-0.25, -0.2) is 4.79 Å². The third kappa shape index (κ3) is 7.13. The van der Waals surface area contributed by atoms with Crippen molar-refractivity contribution in [3.8, 4) is 5.75 Å². The number of hydrogen-bond donors (Lipinski definition) is 1. The molecule has 0 saturated heterocycles. The van der Waals surface area contributed by atoms with Gasteiger partial charge in [-0.1, -0.05) is 12.2 Å². The lowest BCUT2D eigenvalue weighted by Gasteiger charge is -2.19. The maximum atomic E-state index is 11.5. The molecular weight excluding hydrogens is 312 g/mol. The van der Waals surface area contributed by atoms with E-state index in [2.05, 4.69) is 5.32 Å². The van der Waals surface area contributed by atoms with Crippen LogP contribution in [-0.2, 0) is 4.74 Å². The number of rotatable bonds is 7. The summed E-state index contributed by atoms with van der Waals surface area (Å²) in [6.45, 7) is 8.11. The summed E-state index contributed by atoms with van der Waals surface area (Å²) in [6, 6.07) is 4.45. The Morgan fingerprint density at radius 1 is 1.38 bits per heavy atom. The monoisotopic (exact) mass is 336 g/mol. The number of carbonyl (C=O) groups excluding carboxylic acids is 1. The molecule has 0 unspecified atom stereocenters. The molecule has 0 spiro atoms. The summed E-state index contributed by atoms with van der Waals surface area (Å²) < 4.78 is 10.6. The van der Waals surface area contributed by atoms with Gasteiger partial charge in [0.2, 0.25) is 0 Å². The van der Waals surface area contributed by atoms with Crippen LogP contribution in [0.15, 0.2) is 24.3 Å². The highest BCUT2D eigenvalue weighted by Crippen LogP contribution is 2.25. The van der Waals surface area contributed by atoms with Gasteiger partial charge in [0.1, 0.15) is 11.4 Å². The van der Waals surface area contributed by atoms with Crippen LogP contribution in [0.5, 0.6) is 5.75 Å². The highest BCUT2D eigenvalue weighted by Gasteiger charge is 2.15. The molecule has 0 aliphatic heterocycles. The highest BCUT2D eigenvalue weighted by atomic mass is 16.6. The van der Waals surface area contributed by atoms with Gasteiger partial charge >= 0.3 is 6.09 Å².